The Morgan fingerprint density at radius 3 is 2.94 bits per heavy atom. The monoisotopic (exact) mass is 219 g/mol. The lowest BCUT2D eigenvalue weighted by atomic mass is 10.0. The van der Waals surface area contributed by atoms with Gasteiger partial charge in [-0.05, 0) is 37.8 Å². The van der Waals surface area contributed by atoms with E-state index in [2.05, 4.69) is 43.4 Å². The van der Waals surface area contributed by atoms with Crippen molar-refractivity contribution in [3.8, 4) is 0 Å². The number of ether oxygens (including phenoxy) is 1. The number of benzene rings is 1. The zero-order chi connectivity index (χ0) is 11.4. The van der Waals surface area contributed by atoms with Gasteiger partial charge in [0.25, 0.3) is 0 Å². The normalized spacial score (nSPS) is 22.2. The second kappa shape index (κ2) is 5.46. The van der Waals surface area contributed by atoms with E-state index in [1.165, 1.54) is 11.1 Å². The number of rotatable bonds is 4. The first kappa shape index (κ1) is 11.6. The van der Waals surface area contributed by atoms with Crippen molar-refractivity contribution >= 4 is 0 Å². The van der Waals surface area contributed by atoms with Gasteiger partial charge in [-0.1, -0.05) is 24.3 Å². The van der Waals surface area contributed by atoms with Crippen molar-refractivity contribution in [2.45, 2.75) is 38.8 Å². The Morgan fingerprint density at radius 1 is 1.44 bits per heavy atom. The van der Waals surface area contributed by atoms with Crippen molar-refractivity contribution in [3.05, 3.63) is 35.4 Å². The summed E-state index contributed by atoms with van der Waals surface area (Å²) in [6.07, 6.45) is 2.25. The summed E-state index contributed by atoms with van der Waals surface area (Å²) in [4.78, 5) is 0. The first-order valence-electron chi connectivity index (χ1n) is 6.14. The second-order valence-electron chi connectivity index (χ2n) is 4.76. The zero-order valence-corrected chi connectivity index (χ0v) is 10.2. The lowest BCUT2D eigenvalue weighted by Crippen LogP contribution is -2.38. The zero-order valence-electron chi connectivity index (χ0n) is 10.2. The molecule has 1 aromatic rings. The molecular formula is C14H21NO. The average Bonchev–Trinajstić information content (AvgIpc) is 2.74. The average molecular weight is 219 g/mol. The molecule has 2 atom stereocenters. The molecule has 16 heavy (non-hydrogen) atoms. The van der Waals surface area contributed by atoms with Gasteiger partial charge in [-0.3, -0.25) is 0 Å². The summed E-state index contributed by atoms with van der Waals surface area (Å²) in [5, 5.41) is 3.63. The van der Waals surface area contributed by atoms with Gasteiger partial charge in [-0.15, -0.1) is 0 Å². The van der Waals surface area contributed by atoms with Gasteiger partial charge < -0.3 is 10.1 Å². The molecule has 1 aromatic carbocycles. The van der Waals surface area contributed by atoms with E-state index in [0.717, 1.165) is 26.1 Å². The number of nitrogens with one attached hydrogen (secondary N) is 1. The maximum atomic E-state index is 5.37. The number of hydrogen-bond acceptors (Lipinski definition) is 2. The van der Waals surface area contributed by atoms with Gasteiger partial charge in [0, 0.05) is 18.7 Å². The maximum absolute atomic E-state index is 5.37. The molecule has 1 aliphatic heterocycles. The third-order valence-electron chi connectivity index (χ3n) is 3.24. The van der Waals surface area contributed by atoms with E-state index in [1.54, 1.807) is 0 Å². The molecule has 2 nitrogen and oxygen atoms in total. The van der Waals surface area contributed by atoms with Gasteiger partial charge in [0.1, 0.15) is 0 Å². The Labute approximate surface area is 98.0 Å². The Balaban J connectivity index is 1.86. The van der Waals surface area contributed by atoms with Crippen LogP contribution >= 0.6 is 0 Å². The Hall–Kier alpha value is -0.860. The van der Waals surface area contributed by atoms with E-state index in [9.17, 15) is 0 Å². The number of aryl methyl sites for hydroxylation is 1. The SMILES string of the molecule is Cc1ccccc1CC(C)NC1CCOC1. The molecule has 2 rings (SSSR count). The molecule has 0 aliphatic carbocycles. The highest BCUT2D eigenvalue weighted by atomic mass is 16.5. The fourth-order valence-corrected chi connectivity index (χ4v) is 2.30. The lowest BCUT2D eigenvalue weighted by molar-refractivity contribution is 0.188. The van der Waals surface area contributed by atoms with Gasteiger partial charge in [-0.2, -0.15) is 0 Å². The van der Waals surface area contributed by atoms with Gasteiger partial charge in [0.05, 0.1) is 6.61 Å². The van der Waals surface area contributed by atoms with Crippen LogP contribution in [0.25, 0.3) is 0 Å². The summed E-state index contributed by atoms with van der Waals surface area (Å²) in [5.41, 5.74) is 2.83. The minimum Gasteiger partial charge on any atom is -0.380 e. The fraction of sp³-hybridized carbons (Fsp3) is 0.571. The highest BCUT2D eigenvalue weighted by molar-refractivity contribution is 5.26. The van der Waals surface area contributed by atoms with Crippen molar-refractivity contribution in [2.75, 3.05) is 13.2 Å². The van der Waals surface area contributed by atoms with Gasteiger partial charge in [0.2, 0.25) is 0 Å². The summed E-state index contributed by atoms with van der Waals surface area (Å²) < 4.78 is 5.37. The molecule has 88 valence electrons. The topological polar surface area (TPSA) is 21.3 Å². The first-order valence-corrected chi connectivity index (χ1v) is 6.14. The summed E-state index contributed by atoms with van der Waals surface area (Å²) in [5.74, 6) is 0. The van der Waals surface area contributed by atoms with Crippen LogP contribution in [0, 0.1) is 6.92 Å². The van der Waals surface area contributed by atoms with Crippen LogP contribution in [0.1, 0.15) is 24.5 Å². The molecule has 0 saturated carbocycles. The van der Waals surface area contributed by atoms with Crippen LogP contribution in [-0.2, 0) is 11.2 Å². The molecule has 1 heterocycles. The van der Waals surface area contributed by atoms with Crippen molar-refractivity contribution in [1.29, 1.82) is 0 Å². The Morgan fingerprint density at radius 2 is 2.25 bits per heavy atom. The predicted octanol–water partition coefficient (Wildman–Crippen LogP) is 2.30. The van der Waals surface area contributed by atoms with Gasteiger partial charge in [0.15, 0.2) is 0 Å². The predicted molar refractivity (Wildman–Crippen MR) is 66.7 cm³/mol. The minimum absolute atomic E-state index is 0.521. The van der Waals surface area contributed by atoms with E-state index in [4.69, 9.17) is 4.74 Å². The molecule has 2 heteroatoms. The van der Waals surface area contributed by atoms with Crippen LogP contribution in [0.15, 0.2) is 24.3 Å². The van der Waals surface area contributed by atoms with E-state index in [-0.39, 0.29) is 0 Å². The molecule has 1 saturated heterocycles. The molecule has 0 bridgehead atoms. The smallest absolute Gasteiger partial charge is 0.0620 e. The summed E-state index contributed by atoms with van der Waals surface area (Å²) in [7, 11) is 0. The van der Waals surface area contributed by atoms with Gasteiger partial charge in [-0.25, -0.2) is 0 Å². The van der Waals surface area contributed by atoms with Crippen molar-refractivity contribution in [2.24, 2.45) is 0 Å². The molecule has 1 aliphatic rings. The highest BCUT2D eigenvalue weighted by Gasteiger charge is 2.17. The van der Waals surface area contributed by atoms with E-state index < -0.39 is 0 Å². The Bertz CT molecular complexity index is 331. The summed E-state index contributed by atoms with van der Waals surface area (Å²) in [6, 6.07) is 9.70. The third-order valence-corrected chi connectivity index (χ3v) is 3.24. The molecule has 0 spiro atoms. The van der Waals surface area contributed by atoms with Gasteiger partial charge >= 0.3 is 0 Å². The van der Waals surface area contributed by atoms with Crippen molar-refractivity contribution in [1.82, 2.24) is 5.32 Å². The van der Waals surface area contributed by atoms with E-state index >= 15 is 0 Å². The molecule has 2 unspecified atom stereocenters. The lowest BCUT2D eigenvalue weighted by Gasteiger charge is -2.19. The molecular weight excluding hydrogens is 198 g/mol. The van der Waals surface area contributed by atoms with Crippen LogP contribution < -0.4 is 5.32 Å². The van der Waals surface area contributed by atoms with Crippen LogP contribution in [0.3, 0.4) is 0 Å². The second-order valence-corrected chi connectivity index (χ2v) is 4.76. The maximum Gasteiger partial charge on any atom is 0.0620 e. The van der Waals surface area contributed by atoms with Crippen molar-refractivity contribution < 1.29 is 4.74 Å². The van der Waals surface area contributed by atoms with Crippen molar-refractivity contribution in [3.63, 3.8) is 0 Å². The minimum atomic E-state index is 0.521. The quantitative estimate of drug-likeness (QED) is 0.839. The highest BCUT2D eigenvalue weighted by Crippen LogP contribution is 2.11. The first-order chi connectivity index (χ1) is 7.75. The van der Waals surface area contributed by atoms with Crippen LogP contribution in [0.2, 0.25) is 0 Å². The number of hydrogen-bond donors (Lipinski definition) is 1. The van der Waals surface area contributed by atoms with Crippen LogP contribution in [0.4, 0.5) is 0 Å². The van der Waals surface area contributed by atoms with E-state index in [0.29, 0.717) is 12.1 Å². The molecule has 1 N–H and O–H groups in total. The molecule has 0 radical (unpaired) electrons. The fourth-order valence-electron chi connectivity index (χ4n) is 2.30. The summed E-state index contributed by atoms with van der Waals surface area (Å²) >= 11 is 0. The Kier molecular flexibility index (Phi) is 3.97. The summed E-state index contributed by atoms with van der Waals surface area (Å²) in [6.45, 7) is 6.22. The largest absolute Gasteiger partial charge is 0.380 e. The molecule has 1 fully saturated rings. The standard InChI is InChI=1S/C14H21NO/c1-11-5-3-4-6-13(11)9-12(2)15-14-7-8-16-10-14/h3-6,12,14-15H,7-10H2,1-2H3. The van der Waals surface area contributed by atoms with Crippen LogP contribution in [0.5, 0.6) is 0 Å². The van der Waals surface area contributed by atoms with Crippen LogP contribution in [-0.4, -0.2) is 25.3 Å². The molecule has 0 aromatic heterocycles. The third kappa shape index (κ3) is 3.06. The van der Waals surface area contributed by atoms with E-state index in [1.807, 2.05) is 0 Å². The molecule has 0 amide bonds.